The van der Waals surface area contributed by atoms with E-state index >= 15 is 0 Å². The SMILES string of the molecule is Cc1ccc(NS(=O)(=O)c2ccc3c(c2)C2C=CCC2C(c2cc([N+](=O)[O-])ccc2Cl)N3)cc1C. The normalized spacial score (nSPS) is 20.6. The molecule has 3 atom stereocenters. The second kappa shape index (κ2) is 8.70. The first kappa shape index (κ1) is 23.4. The summed E-state index contributed by atoms with van der Waals surface area (Å²) in [4.78, 5) is 11.1. The number of non-ortho nitro benzene ring substituents is 1. The van der Waals surface area contributed by atoms with Gasteiger partial charge in [0.2, 0.25) is 0 Å². The molecule has 1 heterocycles. The summed E-state index contributed by atoms with van der Waals surface area (Å²) in [7, 11) is -3.79. The Bertz CT molecular complexity index is 1490. The standard InChI is InChI=1S/C26H24ClN3O4S/c1-15-6-7-17(12-16(15)2)29-35(33,34)19-9-11-25-22(14-19)20-4-3-5-21(20)26(28-25)23-13-18(30(31)32)8-10-24(23)27/h3-4,6-14,20-21,26,28-29H,5H2,1-2H3. The van der Waals surface area contributed by atoms with Crippen molar-refractivity contribution in [3.05, 3.63) is 104 Å². The maximum Gasteiger partial charge on any atom is 0.269 e. The van der Waals surface area contributed by atoms with E-state index in [1.807, 2.05) is 26.0 Å². The topological polar surface area (TPSA) is 101 Å². The first-order chi connectivity index (χ1) is 16.6. The Labute approximate surface area is 209 Å². The summed E-state index contributed by atoms with van der Waals surface area (Å²) in [5, 5.41) is 15.3. The lowest BCUT2D eigenvalue weighted by Gasteiger charge is -2.38. The van der Waals surface area contributed by atoms with Crippen LogP contribution in [0, 0.1) is 29.9 Å². The van der Waals surface area contributed by atoms with Gasteiger partial charge in [-0.15, -0.1) is 0 Å². The van der Waals surface area contributed by atoms with Crippen molar-refractivity contribution < 1.29 is 13.3 Å². The van der Waals surface area contributed by atoms with E-state index in [1.54, 1.807) is 30.3 Å². The van der Waals surface area contributed by atoms with E-state index in [9.17, 15) is 18.5 Å². The van der Waals surface area contributed by atoms with E-state index in [1.165, 1.54) is 12.1 Å². The van der Waals surface area contributed by atoms with Crippen molar-refractivity contribution in [2.45, 2.75) is 37.1 Å². The molecule has 7 nitrogen and oxygen atoms in total. The molecule has 0 amide bonds. The maximum absolute atomic E-state index is 13.2. The Morgan fingerprint density at radius 2 is 1.83 bits per heavy atom. The molecule has 3 unspecified atom stereocenters. The number of rotatable bonds is 5. The minimum atomic E-state index is -3.79. The van der Waals surface area contributed by atoms with Gasteiger partial charge in [-0.3, -0.25) is 14.8 Å². The number of nitro groups is 1. The van der Waals surface area contributed by atoms with Crippen molar-refractivity contribution in [1.82, 2.24) is 0 Å². The zero-order valence-corrected chi connectivity index (χ0v) is 20.7. The first-order valence-corrected chi connectivity index (χ1v) is 13.1. The molecule has 35 heavy (non-hydrogen) atoms. The van der Waals surface area contributed by atoms with Crippen LogP contribution < -0.4 is 10.0 Å². The van der Waals surface area contributed by atoms with Crippen molar-refractivity contribution in [1.29, 1.82) is 0 Å². The third-order valence-electron chi connectivity index (χ3n) is 6.93. The number of halogens is 1. The van der Waals surface area contributed by atoms with Crippen LogP contribution in [0.4, 0.5) is 17.1 Å². The van der Waals surface area contributed by atoms with Crippen LogP contribution >= 0.6 is 11.6 Å². The van der Waals surface area contributed by atoms with Gasteiger partial charge in [0.15, 0.2) is 0 Å². The number of allylic oxidation sites excluding steroid dienone is 2. The number of nitrogens with zero attached hydrogens (tertiary/aromatic N) is 1. The lowest BCUT2D eigenvalue weighted by molar-refractivity contribution is -0.384. The molecule has 1 aliphatic heterocycles. The van der Waals surface area contributed by atoms with Crippen molar-refractivity contribution in [3.8, 4) is 0 Å². The minimum absolute atomic E-state index is 0.0154. The molecule has 0 aromatic heterocycles. The second-order valence-corrected chi connectivity index (χ2v) is 11.2. The number of nitro benzene ring substituents is 1. The highest BCUT2D eigenvalue weighted by molar-refractivity contribution is 7.92. The number of aryl methyl sites for hydroxylation is 2. The van der Waals surface area contributed by atoms with Gasteiger partial charge in [-0.25, -0.2) is 8.42 Å². The van der Waals surface area contributed by atoms with Crippen molar-refractivity contribution in [2.75, 3.05) is 10.0 Å². The van der Waals surface area contributed by atoms with Gasteiger partial charge in [0.25, 0.3) is 15.7 Å². The number of sulfonamides is 1. The zero-order valence-electron chi connectivity index (χ0n) is 19.2. The molecular formula is C26H24ClN3O4S. The van der Waals surface area contributed by atoms with Gasteiger partial charge in [-0.2, -0.15) is 0 Å². The largest absolute Gasteiger partial charge is 0.378 e. The van der Waals surface area contributed by atoms with Crippen LogP contribution in [0.3, 0.4) is 0 Å². The highest BCUT2D eigenvalue weighted by atomic mass is 35.5. The van der Waals surface area contributed by atoms with E-state index in [0.29, 0.717) is 16.3 Å². The molecule has 0 spiro atoms. The second-order valence-electron chi connectivity index (χ2n) is 9.09. The van der Waals surface area contributed by atoms with Crippen LogP contribution in [0.1, 0.15) is 40.6 Å². The maximum atomic E-state index is 13.2. The summed E-state index contributed by atoms with van der Waals surface area (Å²) in [5.74, 6) is 0.0102. The molecule has 0 bridgehead atoms. The van der Waals surface area contributed by atoms with E-state index in [2.05, 4.69) is 22.2 Å². The molecule has 5 rings (SSSR count). The smallest absolute Gasteiger partial charge is 0.269 e. The van der Waals surface area contributed by atoms with Crippen LogP contribution in [0.2, 0.25) is 5.02 Å². The molecule has 3 aromatic rings. The fraction of sp³-hybridized carbons (Fsp3) is 0.231. The summed E-state index contributed by atoms with van der Waals surface area (Å²) in [5.41, 5.74) is 4.93. The molecule has 0 radical (unpaired) electrons. The quantitative estimate of drug-likeness (QED) is 0.232. The van der Waals surface area contributed by atoms with Crippen molar-refractivity contribution >= 4 is 38.7 Å². The Kier molecular flexibility index (Phi) is 5.81. The monoisotopic (exact) mass is 509 g/mol. The van der Waals surface area contributed by atoms with Crippen LogP contribution in [-0.2, 0) is 10.0 Å². The molecule has 1 aliphatic carbocycles. The number of hydrogen-bond acceptors (Lipinski definition) is 5. The van der Waals surface area contributed by atoms with Crippen molar-refractivity contribution in [2.24, 2.45) is 5.92 Å². The van der Waals surface area contributed by atoms with Crippen LogP contribution in [0.15, 0.2) is 71.6 Å². The predicted octanol–water partition coefficient (Wildman–Crippen LogP) is 6.49. The highest BCUT2D eigenvalue weighted by Gasteiger charge is 2.39. The van der Waals surface area contributed by atoms with E-state index in [4.69, 9.17) is 11.6 Å². The van der Waals surface area contributed by atoms with Crippen LogP contribution in [0.25, 0.3) is 0 Å². The van der Waals surface area contributed by atoms with Gasteiger partial charge in [0.05, 0.1) is 15.9 Å². The summed E-state index contributed by atoms with van der Waals surface area (Å²) >= 11 is 6.46. The lowest BCUT2D eigenvalue weighted by atomic mass is 9.77. The van der Waals surface area contributed by atoms with Crippen LogP contribution in [0.5, 0.6) is 0 Å². The fourth-order valence-electron chi connectivity index (χ4n) is 4.95. The fourth-order valence-corrected chi connectivity index (χ4v) is 6.27. The van der Waals surface area contributed by atoms with E-state index in [-0.39, 0.29) is 28.5 Å². The summed E-state index contributed by atoms with van der Waals surface area (Å²) in [6, 6.07) is 14.7. The molecule has 3 aromatic carbocycles. The third-order valence-corrected chi connectivity index (χ3v) is 8.65. The average Bonchev–Trinajstić information content (AvgIpc) is 3.31. The molecule has 0 saturated carbocycles. The van der Waals surface area contributed by atoms with Gasteiger partial charge in [-0.1, -0.05) is 29.8 Å². The van der Waals surface area contributed by atoms with Gasteiger partial charge in [-0.05, 0) is 79.3 Å². The highest BCUT2D eigenvalue weighted by Crippen LogP contribution is 2.51. The molecule has 0 saturated heterocycles. The molecular weight excluding hydrogens is 486 g/mol. The number of anilines is 2. The molecule has 2 N–H and O–H groups in total. The summed E-state index contributed by atoms with van der Waals surface area (Å²) < 4.78 is 29.0. The average molecular weight is 510 g/mol. The number of fused-ring (bicyclic) bond motifs is 3. The Hall–Kier alpha value is -3.36. The number of benzene rings is 3. The van der Waals surface area contributed by atoms with E-state index < -0.39 is 14.9 Å². The molecule has 0 fully saturated rings. The first-order valence-electron chi connectivity index (χ1n) is 11.2. The Morgan fingerprint density at radius 3 is 2.57 bits per heavy atom. The zero-order chi connectivity index (χ0) is 24.9. The van der Waals surface area contributed by atoms with Gasteiger partial charge < -0.3 is 5.32 Å². The number of nitrogens with one attached hydrogen (secondary N) is 2. The Balaban J connectivity index is 1.50. The summed E-state index contributed by atoms with van der Waals surface area (Å²) in [6.07, 6.45) is 4.90. The molecule has 9 heteroatoms. The minimum Gasteiger partial charge on any atom is -0.378 e. The van der Waals surface area contributed by atoms with E-state index in [0.717, 1.165) is 28.8 Å². The Morgan fingerprint density at radius 1 is 1.03 bits per heavy atom. The predicted molar refractivity (Wildman–Crippen MR) is 138 cm³/mol. The van der Waals surface area contributed by atoms with Gasteiger partial charge in [0, 0.05) is 40.0 Å². The third kappa shape index (κ3) is 4.28. The summed E-state index contributed by atoms with van der Waals surface area (Å²) in [6.45, 7) is 3.91. The number of hydrogen-bond donors (Lipinski definition) is 2. The van der Waals surface area contributed by atoms with Crippen LogP contribution in [-0.4, -0.2) is 13.3 Å². The van der Waals surface area contributed by atoms with Gasteiger partial charge in [0.1, 0.15) is 0 Å². The van der Waals surface area contributed by atoms with Crippen molar-refractivity contribution in [3.63, 3.8) is 0 Å². The molecule has 180 valence electrons. The van der Waals surface area contributed by atoms with Gasteiger partial charge >= 0.3 is 0 Å². The lowest BCUT2D eigenvalue weighted by Crippen LogP contribution is -2.29. The molecule has 2 aliphatic rings.